The first-order valence-corrected chi connectivity index (χ1v) is 6.91. The molecule has 2 aromatic rings. The third-order valence-electron chi connectivity index (χ3n) is 2.92. The minimum atomic E-state index is -0.340. The second-order valence-corrected chi connectivity index (χ2v) is 4.63. The number of carbonyl (C=O) groups is 2. The fourth-order valence-electron chi connectivity index (χ4n) is 1.80. The van der Waals surface area contributed by atoms with Gasteiger partial charge in [0.25, 0.3) is 5.91 Å². The van der Waals surface area contributed by atoms with Gasteiger partial charge in [-0.25, -0.2) is 0 Å². The second kappa shape index (κ2) is 7.42. The fourth-order valence-corrected chi connectivity index (χ4v) is 1.80. The summed E-state index contributed by atoms with van der Waals surface area (Å²) in [5.41, 5.74) is 1.30. The van der Waals surface area contributed by atoms with Crippen molar-refractivity contribution in [3.05, 3.63) is 47.9 Å². The van der Waals surface area contributed by atoms with E-state index in [4.69, 9.17) is 9.15 Å². The Balaban J connectivity index is 1.97. The zero-order valence-corrected chi connectivity index (χ0v) is 12.5. The van der Waals surface area contributed by atoms with Crippen molar-refractivity contribution in [3.63, 3.8) is 0 Å². The first-order chi connectivity index (χ1) is 10.6. The van der Waals surface area contributed by atoms with Crippen LogP contribution in [0.5, 0.6) is 0 Å². The van der Waals surface area contributed by atoms with Crippen LogP contribution < -0.4 is 10.6 Å². The predicted octanol–water partition coefficient (Wildman–Crippen LogP) is 3.03. The summed E-state index contributed by atoms with van der Waals surface area (Å²) in [5.74, 6) is 0.409. The molecular weight excluding hydrogens is 284 g/mol. The Morgan fingerprint density at radius 1 is 1.05 bits per heavy atom. The maximum atomic E-state index is 12.0. The van der Waals surface area contributed by atoms with Gasteiger partial charge in [-0.3, -0.25) is 9.59 Å². The van der Waals surface area contributed by atoms with Crippen LogP contribution in [0.2, 0.25) is 0 Å². The van der Waals surface area contributed by atoms with Crippen molar-refractivity contribution in [2.75, 3.05) is 17.7 Å². The molecule has 0 unspecified atom stereocenters. The smallest absolute Gasteiger partial charge is 0.291 e. The minimum Gasteiger partial charge on any atom is -0.453 e. The number of methoxy groups -OCH3 is 1. The largest absolute Gasteiger partial charge is 0.453 e. The molecule has 0 aliphatic heterocycles. The number of amides is 2. The monoisotopic (exact) mass is 302 g/mol. The summed E-state index contributed by atoms with van der Waals surface area (Å²) in [6, 6.07) is 10.2. The lowest BCUT2D eigenvalue weighted by Gasteiger charge is -2.06. The zero-order valence-electron chi connectivity index (χ0n) is 12.5. The van der Waals surface area contributed by atoms with Crippen molar-refractivity contribution in [1.29, 1.82) is 0 Å². The van der Waals surface area contributed by atoms with Gasteiger partial charge in [0.15, 0.2) is 5.76 Å². The van der Waals surface area contributed by atoms with E-state index in [-0.39, 0.29) is 17.6 Å². The standard InChI is InChI=1S/C16H18N2O4/c1-3-15(19)17-11-4-6-12(7-5-11)18-16(20)14-9-8-13(22-14)10-21-2/h4-9H,3,10H2,1-2H3,(H,17,19)(H,18,20). The maximum absolute atomic E-state index is 12.0. The van der Waals surface area contributed by atoms with Crippen molar-refractivity contribution in [3.8, 4) is 0 Å². The van der Waals surface area contributed by atoms with Crippen LogP contribution in [0, 0.1) is 0 Å². The Kier molecular flexibility index (Phi) is 5.32. The van der Waals surface area contributed by atoms with E-state index in [0.29, 0.717) is 30.2 Å². The topological polar surface area (TPSA) is 80.6 Å². The Bertz CT molecular complexity index is 646. The number of furan rings is 1. The van der Waals surface area contributed by atoms with Crippen LogP contribution in [0.15, 0.2) is 40.8 Å². The average molecular weight is 302 g/mol. The van der Waals surface area contributed by atoms with Gasteiger partial charge >= 0.3 is 0 Å². The van der Waals surface area contributed by atoms with Gasteiger partial charge in [0.05, 0.1) is 0 Å². The predicted molar refractivity (Wildman–Crippen MR) is 82.7 cm³/mol. The van der Waals surface area contributed by atoms with E-state index in [1.165, 1.54) is 0 Å². The van der Waals surface area contributed by atoms with Gasteiger partial charge in [0, 0.05) is 24.9 Å². The maximum Gasteiger partial charge on any atom is 0.291 e. The highest BCUT2D eigenvalue weighted by Crippen LogP contribution is 2.16. The van der Waals surface area contributed by atoms with Gasteiger partial charge in [-0.2, -0.15) is 0 Å². The van der Waals surface area contributed by atoms with Crippen molar-refractivity contribution < 1.29 is 18.7 Å². The molecule has 1 aromatic carbocycles. The van der Waals surface area contributed by atoms with Gasteiger partial charge in [-0.15, -0.1) is 0 Å². The number of ether oxygens (including phenoxy) is 1. The normalized spacial score (nSPS) is 10.3. The molecule has 0 spiro atoms. The highest BCUT2D eigenvalue weighted by atomic mass is 16.5. The third-order valence-corrected chi connectivity index (χ3v) is 2.92. The van der Waals surface area contributed by atoms with Crippen molar-refractivity contribution in [1.82, 2.24) is 0 Å². The Morgan fingerprint density at radius 3 is 2.27 bits per heavy atom. The summed E-state index contributed by atoms with van der Waals surface area (Å²) in [6.07, 6.45) is 0.417. The van der Waals surface area contributed by atoms with Gasteiger partial charge in [0.2, 0.25) is 5.91 Å². The molecule has 22 heavy (non-hydrogen) atoms. The van der Waals surface area contributed by atoms with E-state index in [0.717, 1.165) is 0 Å². The molecule has 2 amide bonds. The zero-order chi connectivity index (χ0) is 15.9. The number of hydrogen-bond acceptors (Lipinski definition) is 4. The molecule has 6 nitrogen and oxygen atoms in total. The molecule has 0 aliphatic rings. The number of benzene rings is 1. The van der Waals surface area contributed by atoms with Gasteiger partial charge in [-0.1, -0.05) is 6.92 Å². The van der Waals surface area contributed by atoms with Crippen LogP contribution in [-0.4, -0.2) is 18.9 Å². The summed E-state index contributed by atoms with van der Waals surface area (Å²) in [7, 11) is 1.56. The molecule has 2 rings (SSSR count). The molecule has 0 radical (unpaired) electrons. The number of carbonyl (C=O) groups excluding carboxylic acids is 2. The van der Waals surface area contributed by atoms with Crippen LogP contribution in [-0.2, 0) is 16.1 Å². The summed E-state index contributed by atoms with van der Waals surface area (Å²) in [5, 5.41) is 5.46. The van der Waals surface area contributed by atoms with E-state index in [2.05, 4.69) is 10.6 Å². The molecular formula is C16H18N2O4. The highest BCUT2D eigenvalue weighted by Gasteiger charge is 2.11. The molecule has 0 bridgehead atoms. The molecule has 2 N–H and O–H groups in total. The molecule has 0 fully saturated rings. The van der Waals surface area contributed by atoms with Crippen LogP contribution in [0.25, 0.3) is 0 Å². The lowest BCUT2D eigenvalue weighted by Crippen LogP contribution is -2.12. The number of hydrogen-bond donors (Lipinski definition) is 2. The molecule has 0 saturated heterocycles. The van der Waals surface area contributed by atoms with Crippen LogP contribution in [0.4, 0.5) is 11.4 Å². The Morgan fingerprint density at radius 2 is 1.68 bits per heavy atom. The SMILES string of the molecule is CCC(=O)Nc1ccc(NC(=O)c2ccc(COC)o2)cc1. The van der Waals surface area contributed by atoms with E-state index < -0.39 is 0 Å². The van der Waals surface area contributed by atoms with Crippen LogP contribution in [0.1, 0.15) is 29.7 Å². The third kappa shape index (κ3) is 4.20. The molecule has 0 saturated carbocycles. The van der Waals surface area contributed by atoms with Crippen LogP contribution >= 0.6 is 0 Å². The van der Waals surface area contributed by atoms with Crippen molar-refractivity contribution >= 4 is 23.2 Å². The van der Waals surface area contributed by atoms with Crippen molar-refractivity contribution in [2.24, 2.45) is 0 Å². The quantitative estimate of drug-likeness (QED) is 0.859. The van der Waals surface area contributed by atoms with Crippen LogP contribution in [0.3, 0.4) is 0 Å². The first-order valence-electron chi connectivity index (χ1n) is 6.91. The average Bonchev–Trinajstić information content (AvgIpc) is 2.98. The summed E-state index contributed by atoms with van der Waals surface area (Å²) < 4.78 is 10.3. The second-order valence-electron chi connectivity index (χ2n) is 4.63. The summed E-state index contributed by atoms with van der Waals surface area (Å²) in [6.45, 7) is 2.10. The van der Waals surface area contributed by atoms with Crippen molar-refractivity contribution in [2.45, 2.75) is 20.0 Å². The Hall–Kier alpha value is -2.60. The van der Waals surface area contributed by atoms with E-state index in [1.807, 2.05) is 0 Å². The van der Waals surface area contributed by atoms with E-state index >= 15 is 0 Å². The highest BCUT2D eigenvalue weighted by molar-refractivity contribution is 6.02. The molecule has 116 valence electrons. The molecule has 6 heteroatoms. The van der Waals surface area contributed by atoms with Gasteiger partial charge in [0.1, 0.15) is 12.4 Å². The minimum absolute atomic E-state index is 0.0574. The number of nitrogens with one attached hydrogen (secondary N) is 2. The van der Waals surface area contributed by atoms with Gasteiger partial charge in [-0.05, 0) is 36.4 Å². The number of anilines is 2. The van der Waals surface area contributed by atoms with E-state index in [1.54, 1.807) is 50.4 Å². The summed E-state index contributed by atoms with van der Waals surface area (Å²) >= 11 is 0. The fraction of sp³-hybridized carbons (Fsp3) is 0.250. The lowest BCUT2D eigenvalue weighted by molar-refractivity contribution is -0.115. The molecule has 1 heterocycles. The Labute approximate surface area is 128 Å². The first kappa shape index (κ1) is 15.8. The molecule has 1 aromatic heterocycles. The lowest BCUT2D eigenvalue weighted by atomic mass is 10.2. The summed E-state index contributed by atoms with van der Waals surface area (Å²) in [4.78, 5) is 23.3. The van der Waals surface area contributed by atoms with E-state index in [9.17, 15) is 9.59 Å². The number of rotatable bonds is 6. The molecule has 0 aliphatic carbocycles. The molecule has 0 atom stereocenters. The van der Waals surface area contributed by atoms with Gasteiger partial charge < -0.3 is 19.8 Å².